The molecule has 0 aliphatic carbocycles. The Kier molecular flexibility index (Phi) is 7.08. The number of hydrogen-bond donors (Lipinski definition) is 2. The number of nitrogens with zero attached hydrogens (tertiary/aromatic N) is 3. The van der Waals surface area contributed by atoms with Gasteiger partial charge < -0.3 is 15.5 Å². The van der Waals surface area contributed by atoms with Gasteiger partial charge in [0.15, 0.2) is 0 Å². The molecule has 1 aromatic rings. The normalized spacial score (nSPS) is 15.5. The predicted molar refractivity (Wildman–Crippen MR) is 93.8 cm³/mol. The molecule has 2 rings (SSSR count). The third kappa shape index (κ3) is 6.22. The Hall–Kier alpha value is -2.05. The number of likely N-dealkylation sites (tertiary alicyclic amines) is 1. The highest BCUT2D eigenvalue weighted by Gasteiger charge is 2.15. The van der Waals surface area contributed by atoms with E-state index in [2.05, 4.69) is 29.6 Å². The van der Waals surface area contributed by atoms with Crippen LogP contribution in [-0.4, -0.2) is 46.3 Å². The van der Waals surface area contributed by atoms with Gasteiger partial charge >= 0.3 is 6.03 Å². The molecule has 0 spiro atoms. The summed E-state index contributed by atoms with van der Waals surface area (Å²) in [5.74, 6) is 0.753. The minimum absolute atomic E-state index is 0.235. The van der Waals surface area contributed by atoms with E-state index in [0.29, 0.717) is 31.1 Å². The average molecular weight is 335 g/mol. The zero-order chi connectivity index (χ0) is 17.4. The lowest BCUT2D eigenvalue weighted by atomic mass is 10.2. The molecule has 0 atom stereocenters. The molecule has 1 fully saturated rings. The second-order valence-electron chi connectivity index (χ2n) is 6.77. The molecule has 134 valence electrons. The standard InChI is InChI=1S/C17H29N5O2/c1-14(2)12-22-13-15(11-19-22)20-17(24)18-8-6-10-21-9-5-3-4-7-16(21)23/h11,13-14H,3-10,12H2,1-2H3,(H2,18,20,24). The van der Waals surface area contributed by atoms with Gasteiger partial charge in [0.1, 0.15) is 0 Å². The Morgan fingerprint density at radius 3 is 2.96 bits per heavy atom. The van der Waals surface area contributed by atoms with Crippen LogP contribution in [-0.2, 0) is 11.3 Å². The molecule has 7 nitrogen and oxygen atoms in total. The summed E-state index contributed by atoms with van der Waals surface area (Å²) in [7, 11) is 0. The molecule has 0 aromatic carbocycles. The van der Waals surface area contributed by atoms with Crippen LogP contribution in [0.1, 0.15) is 46.0 Å². The number of aromatic nitrogens is 2. The van der Waals surface area contributed by atoms with E-state index in [-0.39, 0.29) is 11.9 Å². The van der Waals surface area contributed by atoms with E-state index in [1.165, 1.54) is 0 Å². The molecule has 7 heteroatoms. The first-order valence-corrected chi connectivity index (χ1v) is 8.89. The summed E-state index contributed by atoms with van der Waals surface area (Å²) in [5, 5.41) is 9.82. The van der Waals surface area contributed by atoms with E-state index in [1.54, 1.807) is 6.20 Å². The van der Waals surface area contributed by atoms with Crippen molar-refractivity contribution in [1.29, 1.82) is 0 Å². The highest BCUT2D eigenvalue weighted by atomic mass is 16.2. The Bertz CT molecular complexity index is 541. The summed E-state index contributed by atoms with van der Waals surface area (Å²) < 4.78 is 1.82. The van der Waals surface area contributed by atoms with Crippen LogP contribution in [0.2, 0.25) is 0 Å². The maximum absolute atomic E-state index is 11.9. The van der Waals surface area contributed by atoms with Crippen molar-refractivity contribution in [2.24, 2.45) is 5.92 Å². The maximum atomic E-state index is 11.9. The summed E-state index contributed by atoms with van der Waals surface area (Å²) in [6, 6.07) is -0.235. The summed E-state index contributed by atoms with van der Waals surface area (Å²) in [5.41, 5.74) is 0.691. The molecule has 0 unspecified atom stereocenters. The maximum Gasteiger partial charge on any atom is 0.319 e. The topological polar surface area (TPSA) is 79.3 Å². The van der Waals surface area contributed by atoms with Gasteiger partial charge in [0.25, 0.3) is 0 Å². The highest BCUT2D eigenvalue weighted by Crippen LogP contribution is 2.11. The number of nitrogens with one attached hydrogen (secondary N) is 2. The van der Waals surface area contributed by atoms with E-state index in [1.807, 2.05) is 15.8 Å². The van der Waals surface area contributed by atoms with Crippen molar-refractivity contribution in [2.75, 3.05) is 25.0 Å². The number of amides is 3. The Morgan fingerprint density at radius 2 is 2.17 bits per heavy atom. The second-order valence-corrected chi connectivity index (χ2v) is 6.77. The predicted octanol–water partition coefficient (Wildman–Crippen LogP) is 2.45. The van der Waals surface area contributed by atoms with E-state index >= 15 is 0 Å². The molecule has 0 saturated carbocycles. The molecule has 2 heterocycles. The number of urea groups is 1. The van der Waals surface area contributed by atoms with Crippen LogP contribution in [0.3, 0.4) is 0 Å². The molecule has 0 bridgehead atoms. The molecule has 3 amide bonds. The van der Waals surface area contributed by atoms with Crippen molar-refractivity contribution in [3.63, 3.8) is 0 Å². The number of hydrogen-bond acceptors (Lipinski definition) is 3. The first kappa shape index (κ1) is 18.3. The van der Waals surface area contributed by atoms with Gasteiger partial charge in [-0.25, -0.2) is 4.79 Å². The van der Waals surface area contributed by atoms with Crippen molar-refractivity contribution in [3.8, 4) is 0 Å². The van der Waals surface area contributed by atoms with Gasteiger partial charge in [-0.2, -0.15) is 5.10 Å². The summed E-state index contributed by atoms with van der Waals surface area (Å²) in [6.45, 7) is 7.18. The molecular formula is C17H29N5O2. The zero-order valence-corrected chi connectivity index (χ0v) is 14.8. The number of carbonyl (C=O) groups is 2. The van der Waals surface area contributed by atoms with Crippen LogP contribution in [0.5, 0.6) is 0 Å². The number of rotatable bonds is 7. The van der Waals surface area contributed by atoms with Gasteiger partial charge in [-0.05, 0) is 25.2 Å². The SMILES string of the molecule is CC(C)Cn1cc(NC(=O)NCCCN2CCCCCC2=O)cn1. The van der Waals surface area contributed by atoms with Crippen molar-refractivity contribution < 1.29 is 9.59 Å². The first-order chi connectivity index (χ1) is 11.5. The zero-order valence-electron chi connectivity index (χ0n) is 14.8. The minimum Gasteiger partial charge on any atom is -0.343 e. The van der Waals surface area contributed by atoms with Crippen molar-refractivity contribution >= 4 is 17.6 Å². The lowest BCUT2D eigenvalue weighted by Crippen LogP contribution is -2.35. The lowest BCUT2D eigenvalue weighted by Gasteiger charge is -2.20. The fraction of sp³-hybridized carbons (Fsp3) is 0.706. The molecule has 1 saturated heterocycles. The highest BCUT2D eigenvalue weighted by molar-refractivity contribution is 5.88. The quantitative estimate of drug-likeness (QED) is 0.751. The Labute approximate surface area is 143 Å². The van der Waals surface area contributed by atoms with Gasteiger partial charge in [0.2, 0.25) is 5.91 Å². The van der Waals surface area contributed by atoms with Gasteiger partial charge in [0.05, 0.1) is 11.9 Å². The molecule has 1 aromatic heterocycles. The summed E-state index contributed by atoms with van der Waals surface area (Å²) in [6.07, 6.45) is 8.13. The van der Waals surface area contributed by atoms with Crippen LogP contribution in [0.4, 0.5) is 10.5 Å². The molecule has 1 aliphatic rings. The second kappa shape index (κ2) is 9.30. The molecule has 2 N–H and O–H groups in total. The van der Waals surface area contributed by atoms with E-state index < -0.39 is 0 Å². The van der Waals surface area contributed by atoms with E-state index in [4.69, 9.17) is 0 Å². The minimum atomic E-state index is -0.235. The third-order valence-corrected chi connectivity index (χ3v) is 4.01. The Balaban J connectivity index is 1.64. The van der Waals surface area contributed by atoms with Crippen molar-refractivity contribution in [2.45, 2.75) is 52.5 Å². The fourth-order valence-electron chi connectivity index (χ4n) is 2.82. The van der Waals surface area contributed by atoms with Gasteiger partial charge in [0, 0.05) is 38.8 Å². The third-order valence-electron chi connectivity index (χ3n) is 4.01. The van der Waals surface area contributed by atoms with Crippen LogP contribution in [0, 0.1) is 5.92 Å². The largest absolute Gasteiger partial charge is 0.343 e. The number of carbonyl (C=O) groups excluding carboxylic acids is 2. The molecular weight excluding hydrogens is 306 g/mol. The van der Waals surface area contributed by atoms with E-state index in [0.717, 1.165) is 38.8 Å². The smallest absolute Gasteiger partial charge is 0.319 e. The average Bonchev–Trinajstić information content (AvgIpc) is 2.83. The Morgan fingerprint density at radius 1 is 1.33 bits per heavy atom. The van der Waals surface area contributed by atoms with Crippen LogP contribution in [0.15, 0.2) is 12.4 Å². The van der Waals surface area contributed by atoms with Gasteiger partial charge in [-0.1, -0.05) is 20.3 Å². The fourth-order valence-corrected chi connectivity index (χ4v) is 2.82. The van der Waals surface area contributed by atoms with Crippen LogP contribution < -0.4 is 10.6 Å². The molecule has 24 heavy (non-hydrogen) atoms. The van der Waals surface area contributed by atoms with Crippen LogP contribution in [0.25, 0.3) is 0 Å². The first-order valence-electron chi connectivity index (χ1n) is 8.89. The van der Waals surface area contributed by atoms with Crippen molar-refractivity contribution in [3.05, 3.63) is 12.4 Å². The summed E-state index contributed by atoms with van der Waals surface area (Å²) in [4.78, 5) is 25.7. The number of anilines is 1. The summed E-state index contributed by atoms with van der Waals surface area (Å²) >= 11 is 0. The van der Waals surface area contributed by atoms with Crippen molar-refractivity contribution in [1.82, 2.24) is 20.0 Å². The van der Waals surface area contributed by atoms with E-state index in [9.17, 15) is 9.59 Å². The van der Waals surface area contributed by atoms with Crippen LogP contribution >= 0.6 is 0 Å². The van der Waals surface area contributed by atoms with Gasteiger partial charge in [-0.3, -0.25) is 9.48 Å². The molecule has 1 aliphatic heterocycles. The van der Waals surface area contributed by atoms with Gasteiger partial charge in [-0.15, -0.1) is 0 Å². The molecule has 0 radical (unpaired) electrons. The lowest BCUT2D eigenvalue weighted by molar-refractivity contribution is -0.130. The monoisotopic (exact) mass is 335 g/mol.